The maximum absolute atomic E-state index is 14.7. The van der Waals surface area contributed by atoms with Crippen molar-refractivity contribution in [3.05, 3.63) is 93.0 Å². The molecule has 4 aromatic rings. The molecule has 0 bridgehead atoms. The third kappa shape index (κ3) is 5.37. The largest absolute Gasteiger partial charge is 0.446 e. The molecule has 0 N–H and O–H groups in total. The van der Waals surface area contributed by atoms with Crippen molar-refractivity contribution in [2.45, 2.75) is 83.5 Å². The lowest BCUT2D eigenvalue weighted by molar-refractivity contribution is -0.108. The summed E-state index contributed by atoms with van der Waals surface area (Å²) in [5, 5.41) is 0.911. The van der Waals surface area contributed by atoms with Gasteiger partial charge in [-0.1, -0.05) is 12.1 Å². The fourth-order valence-corrected chi connectivity index (χ4v) is 6.30. The summed E-state index contributed by atoms with van der Waals surface area (Å²) >= 11 is 0. The number of halogens is 1. The van der Waals surface area contributed by atoms with E-state index in [0.29, 0.717) is 23.8 Å². The summed E-state index contributed by atoms with van der Waals surface area (Å²) in [6.07, 6.45) is 9.06. The summed E-state index contributed by atoms with van der Waals surface area (Å²) in [4.78, 5) is 27.8. The molecule has 0 amide bonds. The summed E-state index contributed by atoms with van der Waals surface area (Å²) in [6.45, 7) is 4.76. The quantitative estimate of drug-likeness (QED) is 0.283. The molecule has 1 unspecified atom stereocenters. The minimum atomic E-state index is -0.363. The molecule has 0 spiro atoms. The molecule has 1 aromatic carbocycles. The first-order valence-electron chi connectivity index (χ1n) is 14.3. The Morgan fingerprint density at radius 3 is 2.58 bits per heavy atom. The lowest BCUT2D eigenvalue weighted by Gasteiger charge is -2.30. The maximum atomic E-state index is 14.7. The van der Waals surface area contributed by atoms with E-state index in [1.807, 2.05) is 38.1 Å². The monoisotopic (exact) mass is 542 g/mol. The fraction of sp³-hybridized carbons (Fsp3) is 0.438. The number of nitrogens with zero attached hydrogens (tertiary/aromatic N) is 4. The van der Waals surface area contributed by atoms with Gasteiger partial charge in [0.1, 0.15) is 17.2 Å². The molecule has 1 aliphatic carbocycles. The van der Waals surface area contributed by atoms with Crippen molar-refractivity contribution in [1.29, 1.82) is 0 Å². The molecule has 4 heterocycles. The number of hydrogen-bond donors (Lipinski definition) is 0. The zero-order valence-electron chi connectivity index (χ0n) is 23.1. The lowest BCUT2D eigenvalue weighted by atomic mass is 9.75. The van der Waals surface area contributed by atoms with E-state index in [9.17, 15) is 9.18 Å². The van der Waals surface area contributed by atoms with Crippen molar-refractivity contribution < 1.29 is 13.9 Å². The Balaban J connectivity index is 1.32. The molecule has 1 aliphatic heterocycles. The van der Waals surface area contributed by atoms with Crippen LogP contribution in [-0.4, -0.2) is 32.4 Å². The number of aromatic nitrogens is 4. The Hall–Kier alpha value is -3.65. The van der Waals surface area contributed by atoms with E-state index in [4.69, 9.17) is 14.5 Å². The average molecular weight is 543 g/mol. The predicted octanol–water partition coefficient (Wildman–Crippen LogP) is 6.34. The van der Waals surface area contributed by atoms with Crippen LogP contribution in [0.3, 0.4) is 0 Å². The van der Waals surface area contributed by atoms with Crippen LogP contribution in [0.4, 0.5) is 4.39 Å². The fourth-order valence-electron chi connectivity index (χ4n) is 6.30. The second kappa shape index (κ2) is 11.5. The lowest BCUT2D eigenvalue weighted by Crippen LogP contribution is -2.30. The van der Waals surface area contributed by atoms with Crippen molar-refractivity contribution in [2.75, 3.05) is 6.61 Å². The molecule has 2 aliphatic rings. The molecule has 1 atom stereocenters. The summed E-state index contributed by atoms with van der Waals surface area (Å²) < 4.78 is 28.2. The van der Waals surface area contributed by atoms with Crippen molar-refractivity contribution in [3.8, 4) is 5.88 Å². The molecule has 1 saturated carbocycles. The van der Waals surface area contributed by atoms with Crippen LogP contribution < -0.4 is 10.3 Å². The van der Waals surface area contributed by atoms with Gasteiger partial charge in [0.15, 0.2) is 0 Å². The molecule has 0 radical (unpaired) electrons. The van der Waals surface area contributed by atoms with Gasteiger partial charge in [0.2, 0.25) is 12.2 Å². The maximum Gasteiger partial charge on any atom is 0.256 e. The minimum Gasteiger partial charge on any atom is -0.446 e. The highest BCUT2D eigenvalue weighted by Crippen LogP contribution is 2.41. The Morgan fingerprint density at radius 2 is 1.80 bits per heavy atom. The highest BCUT2D eigenvalue weighted by Gasteiger charge is 2.29. The molecule has 208 valence electrons. The molecule has 7 nitrogen and oxygen atoms in total. The number of fused-ring (bicyclic) bond motifs is 1. The first-order valence-corrected chi connectivity index (χ1v) is 14.3. The smallest absolute Gasteiger partial charge is 0.256 e. The van der Waals surface area contributed by atoms with Gasteiger partial charge in [-0.25, -0.2) is 14.4 Å². The summed E-state index contributed by atoms with van der Waals surface area (Å²) in [6, 6.07) is 11.3. The first-order chi connectivity index (χ1) is 19.5. The zero-order chi connectivity index (χ0) is 27.6. The van der Waals surface area contributed by atoms with Crippen LogP contribution >= 0.6 is 0 Å². The van der Waals surface area contributed by atoms with Gasteiger partial charge in [-0.3, -0.25) is 14.3 Å². The molecular weight excluding hydrogens is 507 g/mol. The van der Waals surface area contributed by atoms with Crippen molar-refractivity contribution in [3.63, 3.8) is 0 Å². The van der Waals surface area contributed by atoms with Gasteiger partial charge in [-0.2, -0.15) is 0 Å². The van der Waals surface area contributed by atoms with Crippen molar-refractivity contribution in [2.24, 2.45) is 0 Å². The Bertz CT molecular complexity index is 1550. The molecule has 8 heteroatoms. The number of benzene rings is 1. The van der Waals surface area contributed by atoms with Crippen molar-refractivity contribution >= 4 is 11.0 Å². The molecule has 3 aromatic heterocycles. The van der Waals surface area contributed by atoms with Gasteiger partial charge >= 0.3 is 0 Å². The van der Waals surface area contributed by atoms with E-state index in [-0.39, 0.29) is 36.0 Å². The molecule has 1 saturated heterocycles. The van der Waals surface area contributed by atoms with Crippen LogP contribution in [0.25, 0.3) is 11.0 Å². The van der Waals surface area contributed by atoms with Gasteiger partial charge in [-0.15, -0.1) is 0 Å². The number of hydrogen-bond acceptors (Lipinski definition) is 6. The van der Waals surface area contributed by atoms with E-state index in [1.54, 1.807) is 29.1 Å². The first kappa shape index (κ1) is 26.6. The van der Waals surface area contributed by atoms with Crippen molar-refractivity contribution in [1.82, 2.24) is 19.5 Å². The molecule has 2 fully saturated rings. The molecular formula is C32H35FN4O3. The SMILES string of the molecule is Cc1ccc2cc(C3CCC(c4c(C)cccc4F)CC3)c(=O)n(Cc3nccnc3OC3CCCCO3)c2n1. The third-order valence-electron chi connectivity index (χ3n) is 8.37. The van der Waals surface area contributed by atoms with Crippen LogP contribution in [0.5, 0.6) is 5.88 Å². The number of aryl methyl sites for hydroxylation is 2. The highest BCUT2D eigenvalue weighted by molar-refractivity contribution is 5.76. The molecule has 6 rings (SSSR count). The molecule has 40 heavy (non-hydrogen) atoms. The van der Waals surface area contributed by atoms with E-state index < -0.39 is 0 Å². The normalized spacial score (nSPS) is 21.4. The second-order valence-electron chi connectivity index (χ2n) is 11.1. The van der Waals surface area contributed by atoms with E-state index >= 15 is 0 Å². The van der Waals surface area contributed by atoms with E-state index in [2.05, 4.69) is 9.97 Å². The van der Waals surface area contributed by atoms with E-state index in [0.717, 1.165) is 72.7 Å². The Morgan fingerprint density at radius 1 is 1.00 bits per heavy atom. The van der Waals surface area contributed by atoms with Gasteiger partial charge in [-0.05, 0) is 99.6 Å². The van der Waals surface area contributed by atoms with Crippen LogP contribution in [0.1, 0.15) is 84.9 Å². The summed E-state index contributed by atoms with van der Waals surface area (Å²) in [5.41, 5.74) is 4.56. The van der Waals surface area contributed by atoms with Crippen LogP contribution in [0.2, 0.25) is 0 Å². The zero-order valence-corrected chi connectivity index (χ0v) is 23.1. The summed E-state index contributed by atoms with van der Waals surface area (Å²) in [7, 11) is 0. The Kier molecular flexibility index (Phi) is 7.61. The van der Waals surface area contributed by atoms with Gasteiger partial charge in [0.25, 0.3) is 5.56 Å². The minimum absolute atomic E-state index is 0.0679. The predicted molar refractivity (Wildman–Crippen MR) is 151 cm³/mol. The number of pyridine rings is 2. The number of rotatable bonds is 6. The standard InChI is InChI=1S/C32H35FN4O3/c1-20-6-5-7-26(33)29(20)23-13-11-22(12-14-23)25-18-24-10-9-21(2)36-30(24)37(32(25)38)19-27-31(35-16-15-34-27)40-28-8-3-4-17-39-28/h5-7,9-10,15-16,18,22-23,28H,3-4,8,11-14,17,19H2,1-2H3. The Labute approximate surface area is 233 Å². The van der Waals surface area contributed by atoms with Crippen LogP contribution in [0.15, 0.2) is 53.6 Å². The van der Waals surface area contributed by atoms with Gasteiger partial charge < -0.3 is 9.47 Å². The highest BCUT2D eigenvalue weighted by atomic mass is 19.1. The van der Waals surface area contributed by atoms with Crippen LogP contribution in [0, 0.1) is 19.7 Å². The van der Waals surface area contributed by atoms with Gasteiger partial charge in [0, 0.05) is 35.5 Å². The van der Waals surface area contributed by atoms with Crippen LogP contribution in [-0.2, 0) is 11.3 Å². The summed E-state index contributed by atoms with van der Waals surface area (Å²) in [5.74, 6) is 0.526. The number of ether oxygens (including phenoxy) is 2. The van der Waals surface area contributed by atoms with E-state index in [1.165, 1.54) is 0 Å². The van der Waals surface area contributed by atoms with Gasteiger partial charge in [0.05, 0.1) is 13.2 Å². The third-order valence-corrected chi connectivity index (χ3v) is 8.37. The average Bonchev–Trinajstić information content (AvgIpc) is 2.96. The second-order valence-corrected chi connectivity index (χ2v) is 11.1. The topological polar surface area (TPSA) is 79.1 Å².